The molecule has 1 N–H and O–H groups in total. The van der Waals surface area contributed by atoms with Crippen LogP contribution >= 0.6 is 0 Å². The number of hydrogen-bond acceptors (Lipinski definition) is 2. The molecule has 0 aliphatic carbocycles. The van der Waals surface area contributed by atoms with E-state index in [2.05, 4.69) is 4.98 Å². The Kier molecular flexibility index (Phi) is 2.64. The Morgan fingerprint density at radius 1 is 1.50 bits per heavy atom. The lowest BCUT2D eigenvalue weighted by Gasteiger charge is -2.02. The summed E-state index contributed by atoms with van der Waals surface area (Å²) in [6, 6.07) is 5.72. The topological polar surface area (TPSA) is 54.6 Å². The smallest absolute Gasteiger partial charge is 0.309 e. The van der Waals surface area contributed by atoms with Gasteiger partial charge in [0.05, 0.1) is 17.6 Å². The van der Waals surface area contributed by atoms with E-state index in [-0.39, 0.29) is 12.3 Å². The van der Waals surface area contributed by atoms with Gasteiger partial charge in [0.1, 0.15) is 5.82 Å². The van der Waals surface area contributed by atoms with E-state index in [9.17, 15) is 4.79 Å². The molecule has 0 saturated carbocycles. The third-order valence-corrected chi connectivity index (χ3v) is 2.49. The summed E-state index contributed by atoms with van der Waals surface area (Å²) in [4.78, 5) is 15.2. The second-order valence-corrected chi connectivity index (χ2v) is 4.10. The third kappa shape index (κ3) is 1.78. The van der Waals surface area contributed by atoms with Gasteiger partial charge in [0.25, 0.3) is 0 Å². The van der Waals surface area contributed by atoms with E-state index < -0.39 is 5.97 Å². The molecule has 0 bridgehead atoms. The fraction of sp³-hybridized carbons (Fsp3) is 0.333. The molecule has 0 aromatic carbocycles. The minimum Gasteiger partial charge on any atom is -0.481 e. The summed E-state index contributed by atoms with van der Waals surface area (Å²) in [6.07, 6.45) is 1.89. The van der Waals surface area contributed by atoms with Gasteiger partial charge in [-0.1, -0.05) is 19.9 Å². The average molecular weight is 218 g/mol. The van der Waals surface area contributed by atoms with Crippen molar-refractivity contribution in [3.05, 3.63) is 35.9 Å². The molecule has 0 spiro atoms. The fourth-order valence-corrected chi connectivity index (χ4v) is 1.81. The lowest BCUT2D eigenvalue weighted by molar-refractivity contribution is -0.136. The minimum absolute atomic E-state index is 0.0275. The van der Waals surface area contributed by atoms with Crippen LogP contribution in [0, 0.1) is 0 Å². The highest BCUT2D eigenvalue weighted by Crippen LogP contribution is 2.19. The molecular weight excluding hydrogens is 204 g/mol. The number of nitrogens with zero attached hydrogens (tertiary/aromatic N) is 2. The predicted octanol–water partition coefficient (Wildman–Crippen LogP) is 2.08. The van der Waals surface area contributed by atoms with Crippen LogP contribution in [0.25, 0.3) is 5.52 Å². The molecule has 0 aliphatic heterocycles. The Bertz CT molecular complexity index is 529. The molecule has 2 aromatic heterocycles. The van der Waals surface area contributed by atoms with Crippen LogP contribution in [0.4, 0.5) is 0 Å². The molecule has 0 fully saturated rings. The molecule has 0 radical (unpaired) electrons. The van der Waals surface area contributed by atoms with Crippen molar-refractivity contribution in [3.8, 4) is 0 Å². The van der Waals surface area contributed by atoms with Gasteiger partial charge in [0.2, 0.25) is 0 Å². The first-order valence-corrected chi connectivity index (χ1v) is 5.27. The molecule has 16 heavy (non-hydrogen) atoms. The van der Waals surface area contributed by atoms with Gasteiger partial charge >= 0.3 is 5.97 Å². The summed E-state index contributed by atoms with van der Waals surface area (Å²) in [5.41, 5.74) is 1.52. The Morgan fingerprint density at radius 3 is 2.88 bits per heavy atom. The van der Waals surface area contributed by atoms with Crippen molar-refractivity contribution >= 4 is 11.5 Å². The third-order valence-electron chi connectivity index (χ3n) is 2.49. The minimum atomic E-state index is -0.848. The molecule has 4 nitrogen and oxygen atoms in total. The maximum absolute atomic E-state index is 10.7. The zero-order valence-electron chi connectivity index (χ0n) is 9.34. The number of fused-ring (bicyclic) bond motifs is 1. The van der Waals surface area contributed by atoms with Gasteiger partial charge in [-0.05, 0) is 12.1 Å². The molecule has 0 aliphatic rings. The Balaban J connectivity index is 2.62. The summed E-state index contributed by atoms with van der Waals surface area (Å²) in [6.45, 7) is 4.10. The zero-order chi connectivity index (χ0) is 11.7. The highest BCUT2D eigenvalue weighted by Gasteiger charge is 2.14. The maximum Gasteiger partial charge on any atom is 0.309 e. The quantitative estimate of drug-likeness (QED) is 0.858. The normalized spacial score (nSPS) is 11.2. The van der Waals surface area contributed by atoms with Gasteiger partial charge in [-0.25, -0.2) is 4.98 Å². The lowest BCUT2D eigenvalue weighted by atomic mass is 10.2. The van der Waals surface area contributed by atoms with Crippen molar-refractivity contribution in [2.45, 2.75) is 26.2 Å². The standard InChI is InChI=1S/C12H14N2O2/c1-8(2)12-13-9(7-11(15)16)10-5-3-4-6-14(10)12/h3-6,8H,7H2,1-2H3,(H,15,16). The maximum atomic E-state index is 10.7. The zero-order valence-corrected chi connectivity index (χ0v) is 9.34. The number of carbonyl (C=O) groups is 1. The molecule has 0 amide bonds. The van der Waals surface area contributed by atoms with Gasteiger partial charge < -0.3 is 9.51 Å². The second-order valence-electron chi connectivity index (χ2n) is 4.10. The average Bonchev–Trinajstić information content (AvgIpc) is 2.57. The van der Waals surface area contributed by atoms with Crippen LogP contribution in [0.5, 0.6) is 0 Å². The van der Waals surface area contributed by atoms with Crippen LogP contribution in [0.2, 0.25) is 0 Å². The van der Waals surface area contributed by atoms with Crippen LogP contribution in [-0.4, -0.2) is 20.5 Å². The molecule has 2 heterocycles. The number of aromatic nitrogens is 2. The molecule has 2 aromatic rings. The van der Waals surface area contributed by atoms with Gasteiger partial charge in [-0.2, -0.15) is 0 Å². The first kappa shape index (κ1) is 10.7. The molecule has 84 valence electrons. The molecule has 0 atom stereocenters. The summed E-state index contributed by atoms with van der Waals surface area (Å²) < 4.78 is 1.96. The van der Waals surface area contributed by atoms with Gasteiger partial charge in [0, 0.05) is 12.1 Å². The van der Waals surface area contributed by atoms with E-state index in [1.165, 1.54) is 0 Å². The number of hydrogen-bond donors (Lipinski definition) is 1. The highest BCUT2D eigenvalue weighted by molar-refractivity contribution is 5.73. The largest absolute Gasteiger partial charge is 0.481 e. The summed E-state index contributed by atoms with van der Waals surface area (Å²) in [7, 11) is 0. The van der Waals surface area contributed by atoms with Crippen LogP contribution in [0.3, 0.4) is 0 Å². The first-order valence-electron chi connectivity index (χ1n) is 5.27. The summed E-state index contributed by atoms with van der Waals surface area (Å²) in [5, 5.41) is 8.82. The van der Waals surface area contributed by atoms with E-state index in [0.717, 1.165) is 11.3 Å². The van der Waals surface area contributed by atoms with E-state index in [0.29, 0.717) is 5.69 Å². The lowest BCUT2D eigenvalue weighted by Crippen LogP contribution is -2.01. The Morgan fingerprint density at radius 2 is 2.25 bits per heavy atom. The van der Waals surface area contributed by atoms with E-state index in [1.807, 2.05) is 42.6 Å². The second kappa shape index (κ2) is 3.96. The monoisotopic (exact) mass is 218 g/mol. The van der Waals surface area contributed by atoms with Gasteiger partial charge in [-0.3, -0.25) is 4.79 Å². The Hall–Kier alpha value is -1.84. The van der Waals surface area contributed by atoms with Crippen molar-refractivity contribution < 1.29 is 9.90 Å². The van der Waals surface area contributed by atoms with Crippen molar-refractivity contribution in [1.82, 2.24) is 9.38 Å². The molecular formula is C12H14N2O2. The van der Waals surface area contributed by atoms with Crippen LogP contribution in [0.1, 0.15) is 31.3 Å². The van der Waals surface area contributed by atoms with Crippen LogP contribution in [-0.2, 0) is 11.2 Å². The van der Waals surface area contributed by atoms with Crippen LogP contribution in [0.15, 0.2) is 24.4 Å². The van der Waals surface area contributed by atoms with Crippen molar-refractivity contribution in [2.24, 2.45) is 0 Å². The Labute approximate surface area is 93.5 Å². The van der Waals surface area contributed by atoms with Gasteiger partial charge in [0.15, 0.2) is 0 Å². The van der Waals surface area contributed by atoms with Gasteiger partial charge in [-0.15, -0.1) is 0 Å². The molecule has 0 saturated heterocycles. The number of rotatable bonds is 3. The molecule has 4 heteroatoms. The number of aliphatic carboxylic acids is 1. The molecule has 2 rings (SSSR count). The summed E-state index contributed by atoms with van der Waals surface area (Å²) in [5.74, 6) is 0.337. The number of carboxylic acids is 1. The number of carboxylic acid groups (broad SMARTS) is 1. The van der Waals surface area contributed by atoms with Crippen molar-refractivity contribution in [1.29, 1.82) is 0 Å². The summed E-state index contributed by atoms with van der Waals surface area (Å²) >= 11 is 0. The number of imidazole rings is 1. The van der Waals surface area contributed by atoms with Crippen molar-refractivity contribution in [3.63, 3.8) is 0 Å². The van der Waals surface area contributed by atoms with Crippen LogP contribution < -0.4 is 0 Å². The van der Waals surface area contributed by atoms with E-state index >= 15 is 0 Å². The molecule has 0 unspecified atom stereocenters. The number of pyridine rings is 1. The highest BCUT2D eigenvalue weighted by atomic mass is 16.4. The predicted molar refractivity (Wildman–Crippen MR) is 60.6 cm³/mol. The van der Waals surface area contributed by atoms with Crippen molar-refractivity contribution in [2.75, 3.05) is 0 Å². The van der Waals surface area contributed by atoms with E-state index in [1.54, 1.807) is 0 Å². The first-order chi connectivity index (χ1) is 7.59. The van der Waals surface area contributed by atoms with E-state index in [4.69, 9.17) is 5.11 Å². The fourth-order valence-electron chi connectivity index (χ4n) is 1.81. The SMILES string of the molecule is CC(C)c1nc(CC(=O)O)c2ccccn12.